The molecule has 1 N–H and O–H groups in total. The number of nitrogens with zero attached hydrogens (tertiary/aromatic N) is 5. The van der Waals surface area contributed by atoms with E-state index in [1.54, 1.807) is 13.0 Å². The third kappa shape index (κ3) is 4.26. The Morgan fingerprint density at radius 2 is 1.76 bits per heavy atom. The summed E-state index contributed by atoms with van der Waals surface area (Å²) in [5.74, 6) is -2.63. The van der Waals surface area contributed by atoms with Crippen LogP contribution in [0.3, 0.4) is 0 Å². The van der Waals surface area contributed by atoms with Crippen LogP contribution >= 0.6 is 0 Å². The molecule has 14 heteroatoms. The Morgan fingerprint density at radius 1 is 1.11 bits per heavy atom. The van der Waals surface area contributed by atoms with E-state index in [0.29, 0.717) is 55.2 Å². The molecule has 2 aromatic heterocycles. The number of carbonyl (C=O) groups is 1. The summed E-state index contributed by atoms with van der Waals surface area (Å²) < 4.78 is 69.8. The second kappa shape index (κ2) is 10.4. The molecule has 204 valence electrons. The lowest BCUT2D eigenvalue weighted by atomic mass is 10.1. The van der Waals surface area contributed by atoms with Gasteiger partial charge in [-0.25, -0.2) is 26.7 Å². The fourth-order valence-electron chi connectivity index (χ4n) is 4.97. The molecule has 5 rings (SSSR count). The van der Waals surface area contributed by atoms with Gasteiger partial charge in [-0.05, 0) is 13.0 Å². The first-order chi connectivity index (χ1) is 18.3. The van der Waals surface area contributed by atoms with E-state index in [9.17, 15) is 13.6 Å². The summed E-state index contributed by atoms with van der Waals surface area (Å²) in [7, 11) is 2.46. The van der Waals surface area contributed by atoms with Gasteiger partial charge in [0.2, 0.25) is 0 Å². The van der Waals surface area contributed by atoms with Crippen LogP contribution in [-0.4, -0.2) is 75.7 Å². The Labute approximate surface area is 219 Å². The molecule has 0 saturated carbocycles. The van der Waals surface area contributed by atoms with E-state index in [-0.39, 0.29) is 30.2 Å². The van der Waals surface area contributed by atoms with Gasteiger partial charge in [0.05, 0.1) is 45.4 Å². The first-order valence-corrected chi connectivity index (χ1v) is 13.0. The molecule has 0 spiro atoms. The largest absolute Gasteiger partial charge is 0.493 e. The van der Waals surface area contributed by atoms with Gasteiger partial charge in [-0.15, -0.1) is 0 Å². The zero-order valence-electron chi connectivity index (χ0n) is 21.1. The van der Waals surface area contributed by atoms with E-state index in [1.807, 2.05) is 0 Å². The van der Waals surface area contributed by atoms with Crippen molar-refractivity contribution < 1.29 is 36.5 Å². The van der Waals surface area contributed by atoms with Crippen molar-refractivity contribution in [2.24, 2.45) is 0 Å². The Hall–Kier alpha value is -3.33. The van der Waals surface area contributed by atoms with Crippen LogP contribution in [0.25, 0.3) is 11.0 Å². The minimum absolute atomic E-state index is 0.165. The number of pyridine rings is 1. The molecule has 2 amide bonds. The molecule has 0 aliphatic carbocycles. The normalized spacial score (nSPS) is 17.2. The van der Waals surface area contributed by atoms with Crippen LogP contribution < -0.4 is 19.3 Å². The number of rotatable bonds is 7. The van der Waals surface area contributed by atoms with E-state index in [0.717, 1.165) is 11.0 Å². The number of methoxy groups -OCH3 is 2. The minimum atomic E-state index is -2.41. The van der Waals surface area contributed by atoms with Gasteiger partial charge in [-0.1, -0.05) is 0 Å². The molecule has 1 unspecified atom stereocenters. The van der Waals surface area contributed by atoms with Crippen molar-refractivity contribution in [3.05, 3.63) is 41.2 Å². The maximum absolute atomic E-state index is 15.3. The lowest BCUT2D eigenvalue weighted by Gasteiger charge is -2.37. The zero-order valence-corrected chi connectivity index (χ0v) is 21.9. The number of morpholine rings is 1. The lowest BCUT2D eigenvalue weighted by molar-refractivity contribution is 0.0336. The van der Waals surface area contributed by atoms with Crippen molar-refractivity contribution in [3.63, 3.8) is 0 Å². The van der Waals surface area contributed by atoms with E-state index < -0.39 is 34.6 Å². The van der Waals surface area contributed by atoms with E-state index in [2.05, 4.69) is 9.88 Å². The van der Waals surface area contributed by atoms with Gasteiger partial charge < -0.3 is 14.2 Å². The summed E-state index contributed by atoms with van der Waals surface area (Å²) in [5.41, 5.74) is 1.16. The van der Waals surface area contributed by atoms with E-state index >= 15 is 8.78 Å². The zero-order chi connectivity index (χ0) is 27.1. The summed E-state index contributed by atoms with van der Waals surface area (Å²) in [5, 5.41) is 0.493. The first-order valence-electron chi connectivity index (χ1n) is 11.9. The Morgan fingerprint density at radius 3 is 2.34 bits per heavy atom. The predicted octanol–water partition coefficient (Wildman–Crippen LogP) is 3.12. The van der Waals surface area contributed by atoms with Gasteiger partial charge in [0.25, 0.3) is 11.3 Å². The summed E-state index contributed by atoms with van der Waals surface area (Å²) in [6.45, 7) is 4.54. The molecule has 1 aromatic carbocycles. The van der Waals surface area contributed by atoms with Crippen molar-refractivity contribution in [2.75, 3.05) is 56.9 Å². The topological polar surface area (TPSA) is 110 Å². The molecule has 1 atom stereocenters. The molecule has 3 aromatic rings. The van der Waals surface area contributed by atoms with Crippen LogP contribution in [0, 0.1) is 11.6 Å². The lowest BCUT2D eigenvalue weighted by Crippen LogP contribution is -2.48. The Bertz CT molecular complexity index is 1400. The number of hydrogen-bond acceptors (Lipinski definition) is 7. The molecule has 38 heavy (non-hydrogen) atoms. The highest BCUT2D eigenvalue weighted by Gasteiger charge is 2.38. The highest BCUT2D eigenvalue weighted by atomic mass is 32.2. The minimum Gasteiger partial charge on any atom is -0.493 e. The van der Waals surface area contributed by atoms with Crippen LogP contribution in [0.2, 0.25) is 0 Å². The third-order valence-corrected chi connectivity index (χ3v) is 7.47. The number of fused-ring (bicyclic) bond motifs is 3. The monoisotopic (exact) mass is 551 g/mol. The second-order valence-electron chi connectivity index (χ2n) is 8.79. The number of anilines is 2. The van der Waals surface area contributed by atoms with Crippen LogP contribution in [0.4, 0.5) is 25.0 Å². The molecular weight excluding hydrogens is 524 g/mol. The maximum Gasteiger partial charge on any atom is 0.329 e. The molecule has 4 heterocycles. The van der Waals surface area contributed by atoms with Crippen molar-refractivity contribution >= 4 is 39.7 Å². The highest BCUT2D eigenvalue weighted by Crippen LogP contribution is 2.42. The summed E-state index contributed by atoms with van der Waals surface area (Å²) in [6.07, 6.45) is 1.45. The van der Waals surface area contributed by atoms with Crippen molar-refractivity contribution in [1.82, 2.24) is 13.9 Å². The Kier molecular flexibility index (Phi) is 7.22. The standard InChI is InChI=1S/C24H27F2N5O6S/c1-4-29-21-14(12-30(24(29)32)22-19(25)17(35-2)10-18(36-3)20(22)26)11-27-23-16(21)9-15(31(23)38(33)34)13-28-5-7-37-8-6-28/h9-11H,4-8,12-13H2,1-3H3,(H,33,34). The number of amides is 2. The van der Waals surface area contributed by atoms with Crippen molar-refractivity contribution in [1.29, 1.82) is 0 Å². The Balaban J connectivity index is 1.64. The van der Waals surface area contributed by atoms with Gasteiger partial charge in [0.15, 0.2) is 28.8 Å². The molecule has 11 nitrogen and oxygen atoms in total. The SMILES string of the molecule is CCN1C(=O)N(c2c(F)c(OC)cc(OC)c2F)Cc2cnc3c(cc(CN4CCOCC4)n3S(=O)O)c21. The second-order valence-corrected chi connectivity index (χ2v) is 9.62. The van der Waals surface area contributed by atoms with Gasteiger partial charge in [0.1, 0.15) is 5.69 Å². The van der Waals surface area contributed by atoms with Gasteiger partial charge in [-0.3, -0.25) is 19.3 Å². The number of hydrogen-bond donors (Lipinski definition) is 1. The molecular formula is C24H27F2N5O6S. The summed E-state index contributed by atoms with van der Waals surface area (Å²) in [4.78, 5) is 22.6. The van der Waals surface area contributed by atoms with Crippen molar-refractivity contribution in [2.45, 2.75) is 20.0 Å². The third-order valence-electron chi connectivity index (χ3n) is 6.75. The van der Waals surface area contributed by atoms with Crippen LogP contribution in [0.15, 0.2) is 18.3 Å². The predicted molar refractivity (Wildman–Crippen MR) is 136 cm³/mol. The average molecular weight is 552 g/mol. The smallest absolute Gasteiger partial charge is 0.329 e. The number of ether oxygens (including phenoxy) is 3. The molecule has 1 saturated heterocycles. The average Bonchev–Trinajstić information content (AvgIpc) is 3.28. The molecule has 1 fully saturated rings. The van der Waals surface area contributed by atoms with E-state index in [1.165, 1.54) is 29.3 Å². The van der Waals surface area contributed by atoms with Crippen LogP contribution in [0.5, 0.6) is 11.5 Å². The fourth-order valence-corrected chi connectivity index (χ4v) is 5.57. The molecule has 2 aliphatic heterocycles. The van der Waals surface area contributed by atoms with Crippen LogP contribution in [0.1, 0.15) is 18.2 Å². The van der Waals surface area contributed by atoms with Crippen LogP contribution in [-0.2, 0) is 29.1 Å². The summed E-state index contributed by atoms with van der Waals surface area (Å²) in [6, 6.07) is 2.15. The quantitative estimate of drug-likeness (QED) is 0.446. The van der Waals surface area contributed by atoms with Gasteiger partial charge in [-0.2, -0.15) is 0 Å². The highest BCUT2D eigenvalue weighted by molar-refractivity contribution is 7.77. The number of urea groups is 1. The number of carbonyl (C=O) groups excluding carboxylic acids is 1. The first kappa shape index (κ1) is 26.3. The van der Waals surface area contributed by atoms with Gasteiger partial charge in [0, 0.05) is 49.4 Å². The number of aromatic nitrogens is 2. The van der Waals surface area contributed by atoms with Crippen molar-refractivity contribution in [3.8, 4) is 11.5 Å². The van der Waals surface area contributed by atoms with Gasteiger partial charge >= 0.3 is 6.03 Å². The molecule has 0 bridgehead atoms. The summed E-state index contributed by atoms with van der Waals surface area (Å²) >= 11 is -2.41. The van der Waals surface area contributed by atoms with E-state index in [4.69, 9.17) is 14.2 Å². The fraction of sp³-hybridized carbons (Fsp3) is 0.417. The molecule has 2 aliphatic rings. The maximum atomic E-state index is 15.3. The number of halogens is 2. The number of benzene rings is 1. The molecule has 0 radical (unpaired) electrons.